The Balaban J connectivity index is 2.05. The summed E-state index contributed by atoms with van der Waals surface area (Å²) in [5.41, 5.74) is 9.92. The molecular weight excluding hydrogens is 222 g/mol. The van der Waals surface area contributed by atoms with Crippen LogP contribution in [0.3, 0.4) is 0 Å². The highest BCUT2D eigenvalue weighted by atomic mass is 15.2. The zero-order valence-electron chi connectivity index (χ0n) is 11.3. The molecule has 0 bridgehead atoms. The zero-order chi connectivity index (χ0) is 13.1. The van der Waals surface area contributed by atoms with Gasteiger partial charge in [0.2, 0.25) is 0 Å². The van der Waals surface area contributed by atoms with Gasteiger partial charge in [0.15, 0.2) is 0 Å². The van der Waals surface area contributed by atoms with Gasteiger partial charge < -0.3 is 5.73 Å². The van der Waals surface area contributed by atoms with Crippen LogP contribution in [0.2, 0.25) is 0 Å². The highest BCUT2D eigenvalue weighted by Crippen LogP contribution is 2.18. The minimum atomic E-state index is 0.0172. The first-order chi connectivity index (χ1) is 8.56. The summed E-state index contributed by atoms with van der Waals surface area (Å²) in [4.78, 5) is 0. The summed E-state index contributed by atoms with van der Waals surface area (Å²) in [6.07, 6.45) is 4.67. The molecule has 1 unspecified atom stereocenters. The number of benzene rings is 1. The summed E-state index contributed by atoms with van der Waals surface area (Å²) in [6, 6.07) is 8.74. The molecular formula is C15H21N3. The van der Waals surface area contributed by atoms with Crippen LogP contribution in [0.15, 0.2) is 36.7 Å². The van der Waals surface area contributed by atoms with Gasteiger partial charge in [-0.15, -0.1) is 0 Å². The summed E-state index contributed by atoms with van der Waals surface area (Å²) in [5.74, 6) is 0.575. The topological polar surface area (TPSA) is 43.8 Å². The maximum atomic E-state index is 6.18. The molecule has 0 aliphatic heterocycles. The van der Waals surface area contributed by atoms with Crippen LogP contribution in [0.4, 0.5) is 0 Å². The van der Waals surface area contributed by atoms with Gasteiger partial charge in [-0.3, -0.25) is 4.68 Å². The lowest BCUT2D eigenvalue weighted by Gasteiger charge is -2.11. The van der Waals surface area contributed by atoms with E-state index in [1.54, 1.807) is 4.68 Å². The zero-order valence-corrected chi connectivity index (χ0v) is 11.3. The van der Waals surface area contributed by atoms with Gasteiger partial charge >= 0.3 is 0 Å². The molecule has 0 spiro atoms. The molecule has 2 rings (SSSR count). The number of aromatic nitrogens is 2. The molecule has 0 saturated heterocycles. The lowest BCUT2D eigenvalue weighted by atomic mass is 9.98. The molecule has 2 aromatic rings. The maximum absolute atomic E-state index is 6.18. The molecule has 0 fully saturated rings. The van der Waals surface area contributed by atoms with Crippen LogP contribution >= 0.6 is 0 Å². The Morgan fingerprint density at radius 2 is 1.83 bits per heavy atom. The lowest BCUT2D eigenvalue weighted by molar-refractivity contribution is 0.716. The predicted molar refractivity (Wildman–Crippen MR) is 74.4 cm³/mol. The summed E-state index contributed by atoms with van der Waals surface area (Å²) < 4.78 is 1.79. The van der Waals surface area contributed by atoms with Gasteiger partial charge in [-0.2, -0.15) is 5.10 Å². The number of aryl methyl sites for hydroxylation is 1. The van der Waals surface area contributed by atoms with E-state index >= 15 is 0 Å². The second-order valence-corrected chi connectivity index (χ2v) is 5.15. The van der Waals surface area contributed by atoms with Crippen LogP contribution in [-0.2, 0) is 13.5 Å². The normalized spacial score (nSPS) is 12.9. The smallest absolute Gasteiger partial charge is 0.0537 e. The summed E-state index contributed by atoms with van der Waals surface area (Å²) in [5, 5.41) is 4.15. The van der Waals surface area contributed by atoms with Crippen LogP contribution in [-0.4, -0.2) is 9.78 Å². The van der Waals surface area contributed by atoms with Crippen molar-refractivity contribution in [1.82, 2.24) is 9.78 Å². The second-order valence-electron chi connectivity index (χ2n) is 5.15. The first-order valence-electron chi connectivity index (χ1n) is 6.39. The lowest BCUT2D eigenvalue weighted by Crippen LogP contribution is -2.12. The fourth-order valence-electron chi connectivity index (χ4n) is 2.04. The third-order valence-electron chi connectivity index (χ3n) is 3.26. The average Bonchev–Trinajstić information content (AvgIpc) is 2.76. The monoisotopic (exact) mass is 243 g/mol. The van der Waals surface area contributed by atoms with Crippen LogP contribution < -0.4 is 5.73 Å². The Labute approximate surface area is 109 Å². The number of nitrogens with two attached hydrogens (primary N) is 1. The van der Waals surface area contributed by atoms with Crippen molar-refractivity contribution in [2.24, 2.45) is 12.8 Å². The summed E-state index contributed by atoms with van der Waals surface area (Å²) in [6.45, 7) is 4.41. The van der Waals surface area contributed by atoms with Gasteiger partial charge in [-0.25, -0.2) is 0 Å². The van der Waals surface area contributed by atoms with Crippen molar-refractivity contribution in [3.05, 3.63) is 53.3 Å². The largest absolute Gasteiger partial charge is 0.324 e. The molecule has 1 heterocycles. The molecule has 18 heavy (non-hydrogen) atoms. The van der Waals surface area contributed by atoms with E-state index in [9.17, 15) is 0 Å². The fraction of sp³-hybridized carbons (Fsp3) is 0.400. The van der Waals surface area contributed by atoms with Gasteiger partial charge in [-0.1, -0.05) is 38.1 Å². The molecule has 1 atom stereocenters. The minimum absolute atomic E-state index is 0.0172. The van der Waals surface area contributed by atoms with Crippen LogP contribution in [0, 0.1) is 0 Å². The SMILES string of the molecule is CC(C)c1ccc(CC(N)c2cnn(C)c2)cc1. The number of hydrogen-bond donors (Lipinski definition) is 1. The van der Waals surface area contributed by atoms with Crippen molar-refractivity contribution < 1.29 is 0 Å². The Bertz CT molecular complexity index is 497. The predicted octanol–water partition coefficient (Wildman–Crippen LogP) is 2.79. The van der Waals surface area contributed by atoms with E-state index in [0.717, 1.165) is 12.0 Å². The van der Waals surface area contributed by atoms with Crippen molar-refractivity contribution in [2.45, 2.75) is 32.2 Å². The summed E-state index contributed by atoms with van der Waals surface area (Å²) >= 11 is 0. The minimum Gasteiger partial charge on any atom is -0.324 e. The molecule has 2 N–H and O–H groups in total. The van der Waals surface area contributed by atoms with E-state index in [0.29, 0.717) is 5.92 Å². The van der Waals surface area contributed by atoms with Crippen molar-refractivity contribution >= 4 is 0 Å². The Morgan fingerprint density at radius 1 is 1.17 bits per heavy atom. The standard InChI is InChI=1S/C15H21N3/c1-11(2)13-6-4-12(5-7-13)8-15(16)14-9-17-18(3)10-14/h4-7,9-11,15H,8,16H2,1-3H3. The van der Waals surface area contributed by atoms with Crippen molar-refractivity contribution in [1.29, 1.82) is 0 Å². The Morgan fingerprint density at radius 3 is 2.33 bits per heavy atom. The second kappa shape index (κ2) is 5.36. The number of rotatable bonds is 4. The van der Waals surface area contributed by atoms with Gasteiger partial charge in [0.05, 0.1) is 6.20 Å². The van der Waals surface area contributed by atoms with E-state index in [1.807, 2.05) is 19.4 Å². The molecule has 1 aromatic carbocycles. The third-order valence-corrected chi connectivity index (χ3v) is 3.26. The molecule has 0 radical (unpaired) electrons. The first kappa shape index (κ1) is 12.8. The van der Waals surface area contributed by atoms with E-state index in [1.165, 1.54) is 11.1 Å². The first-order valence-corrected chi connectivity index (χ1v) is 6.39. The van der Waals surface area contributed by atoms with Crippen molar-refractivity contribution in [3.63, 3.8) is 0 Å². The molecule has 0 saturated carbocycles. The van der Waals surface area contributed by atoms with Gasteiger partial charge in [-0.05, 0) is 23.5 Å². The highest BCUT2D eigenvalue weighted by Gasteiger charge is 2.09. The van der Waals surface area contributed by atoms with Crippen molar-refractivity contribution in [2.75, 3.05) is 0 Å². The van der Waals surface area contributed by atoms with E-state index in [2.05, 4.69) is 43.2 Å². The molecule has 0 aliphatic rings. The van der Waals surface area contributed by atoms with Crippen LogP contribution in [0.1, 0.15) is 42.5 Å². The third kappa shape index (κ3) is 2.99. The highest BCUT2D eigenvalue weighted by molar-refractivity contribution is 5.26. The molecule has 1 aromatic heterocycles. The average molecular weight is 243 g/mol. The molecule has 96 valence electrons. The van der Waals surface area contributed by atoms with E-state index in [-0.39, 0.29) is 6.04 Å². The molecule has 3 nitrogen and oxygen atoms in total. The van der Waals surface area contributed by atoms with Gasteiger partial charge in [0.1, 0.15) is 0 Å². The van der Waals surface area contributed by atoms with Gasteiger partial charge in [0, 0.05) is 24.8 Å². The quantitative estimate of drug-likeness (QED) is 0.897. The van der Waals surface area contributed by atoms with Crippen LogP contribution in [0.5, 0.6) is 0 Å². The number of nitrogens with zero attached hydrogens (tertiary/aromatic N) is 2. The molecule has 3 heteroatoms. The van der Waals surface area contributed by atoms with Crippen molar-refractivity contribution in [3.8, 4) is 0 Å². The van der Waals surface area contributed by atoms with Crippen LogP contribution in [0.25, 0.3) is 0 Å². The van der Waals surface area contributed by atoms with E-state index < -0.39 is 0 Å². The molecule has 0 amide bonds. The maximum Gasteiger partial charge on any atom is 0.0537 e. The number of hydrogen-bond acceptors (Lipinski definition) is 2. The Kier molecular flexibility index (Phi) is 3.82. The molecule has 0 aliphatic carbocycles. The van der Waals surface area contributed by atoms with E-state index in [4.69, 9.17) is 5.73 Å². The summed E-state index contributed by atoms with van der Waals surface area (Å²) in [7, 11) is 1.91. The fourth-order valence-corrected chi connectivity index (χ4v) is 2.04. The van der Waals surface area contributed by atoms with Gasteiger partial charge in [0.25, 0.3) is 0 Å². The Hall–Kier alpha value is -1.61.